The molecule has 2 N–H and O–H groups in total. The van der Waals surface area contributed by atoms with Crippen molar-refractivity contribution in [3.05, 3.63) is 28.5 Å². The number of rotatable bonds is 4. The lowest BCUT2D eigenvalue weighted by atomic mass is 9.98. The Morgan fingerprint density at radius 2 is 2.30 bits per heavy atom. The van der Waals surface area contributed by atoms with Crippen molar-refractivity contribution < 1.29 is 14.7 Å². The highest BCUT2D eigenvalue weighted by Gasteiger charge is 2.43. The van der Waals surface area contributed by atoms with Crippen LogP contribution in [0.15, 0.2) is 12.1 Å². The molecule has 2 rings (SSSR count). The van der Waals surface area contributed by atoms with Crippen molar-refractivity contribution in [2.75, 3.05) is 11.5 Å². The quantitative estimate of drug-likeness (QED) is 0.831. The van der Waals surface area contributed by atoms with Gasteiger partial charge in [0, 0.05) is 17.0 Å². The molecule has 2 heterocycles. The number of carbonyl (C=O) groups is 2. The minimum Gasteiger partial charge on any atom is -0.479 e. The molecule has 20 heavy (non-hydrogen) atoms. The topological polar surface area (TPSA) is 79.3 Å². The van der Waals surface area contributed by atoms with Crippen LogP contribution >= 0.6 is 23.4 Å². The number of thioether (sulfide) groups is 1. The summed E-state index contributed by atoms with van der Waals surface area (Å²) in [5.74, 6) is -0.308. The molecule has 0 aromatic carbocycles. The van der Waals surface area contributed by atoms with E-state index >= 15 is 0 Å². The summed E-state index contributed by atoms with van der Waals surface area (Å²) in [5, 5.41) is 12.2. The minimum absolute atomic E-state index is 0.236. The van der Waals surface area contributed by atoms with Gasteiger partial charge < -0.3 is 10.4 Å². The van der Waals surface area contributed by atoms with Crippen LogP contribution in [0.3, 0.4) is 0 Å². The van der Waals surface area contributed by atoms with Crippen LogP contribution < -0.4 is 5.32 Å². The van der Waals surface area contributed by atoms with Gasteiger partial charge in [-0.2, -0.15) is 11.8 Å². The van der Waals surface area contributed by atoms with E-state index in [0.29, 0.717) is 29.9 Å². The molecule has 5 nitrogen and oxygen atoms in total. The summed E-state index contributed by atoms with van der Waals surface area (Å²) in [6.45, 7) is 1.91. The number of carboxylic acids is 1. The van der Waals surface area contributed by atoms with E-state index in [9.17, 15) is 14.7 Å². The predicted octanol–water partition coefficient (Wildman–Crippen LogP) is 1.99. The lowest BCUT2D eigenvalue weighted by molar-refractivity contribution is -0.143. The highest BCUT2D eigenvalue weighted by molar-refractivity contribution is 7.99. The summed E-state index contributed by atoms with van der Waals surface area (Å²) in [6, 6.07) is 3.09. The molecule has 1 aliphatic rings. The zero-order valence-electron chi connectivity index (χ0n) is 11.0. The highest BCUT2D eigenvalue weighted by Crippen LogP contribution is 2.28. The fourth-order valence-electron chi connectivity index (χ4n) is 2.04. The summed E-state index contributed by atoms with van der Waals surface area (Å²) >= 11 is 7.40. The van der Waals surface area contributed by atoms with Crippen LogP contribution in [0.25, 0.3) is 0 Å². The van der Waals surface area contributed by atoms with E-state index < -0.39 is 17.4 Å². The van der Waals surface area contributed by atoms with Gasteiger partial charge in [0.15, 0.2) is 0 Å². The second-order valence-corrected chi connectivity index (χ2v) is 6.16. The molecule has 1 amide bonds. The molecule has 1 aliphatic heterocycles. The summed E-state index contributed by atoms with van der Waals surface area (Å²) < 4.78 is 0. The van der Waals surface area contributed by atoms with Gasteiger partial charge >= 0.3 is 5.97 Å². The molecule has 0 spiro atoms. The number of hydrogen-bond donors (Lipinski definition) is 2. The second-order valence-electron chi connectivity index (χ2n) is 4.67. The van der Waals surface area contributed by atoms with E-state index in [2.05, 4.69) is 10.3 Å². The molecule has 1 saturated heterocycles. The first-order valence-corrected chi connectivity index (χ1v) is 7.80. The van der Waals surface area contributed by atoms with Crippen molar-refractivity contribution in [1.82, 2.24) is 10.3 Å². The smallest absolute Gasteiger partial charge is 0.330 e. The molecule has 1 unspecified atom stereocenters. The van der Waals surface area contributed by atoms with Crippen molar-refractivity contribution in [2.24, 2.45) is 0 Å². The van der Waals surface area contributed by atoms with E-state index in [0.717, 1.165) is 5.75 Å². The molecule has 108 valence electrons. The Morgan fingerprint density at radius 3 is 2.85 bits per heavy atom. The summed E-state index contributed by atoms with van der Waals surface area (Å²) in [4.78, 5) is 27.8. The van der Waals surface area contributed by atoms with Crippen LogP contribution in [-0.4, -0.2) is 39.0 Å². The summed E-state index contributed by atoms with van der Waals surface area (Å²) in [6.07, 6.45) is 1.08. The number of amides is 1. The lowest BCUT2D eigenvalue weighted by Gasteiger charge is -2.24. The van der Waals surface area contributed by atoms with Gasteiger partial charge in [-0.1, -0.05) is 18.5 Å². The van der Waals surface area contributed by atoms with Crippen LogP contribution in [0.1, 0.15) is 29.4 Å². The minimum atomic E-state index is -1.18. The van der Waals surface area contributed by atoms with E-state index in [1.807, 2.05) is 6.92 Å². The number of nitrogens with zero attached hydrogens (tertiary/aromatic N) is 1. The third-order valence-corrected chi connectivity index (χ3v) is 4.64. The van der Waals surface area contributed by atoms with Gasteiger partial charge in [0.1, 0.15) is 10.7 Å². The maximum absolute atomic E-state index is 12.3. The normalized spacial score (nSPS) is 21.7. The van der Waals surface area contributed by atoms with E-state index in [1.54, 1.807) is 6.07 Å². The number of halogens is 1. The molecule has 1 aromatic heterocycles. The Morgan fingerprint density at radius 1 is 1.55 bits per heavy atom. The SMILES string of the molecule is CCc1cc(C(=O)NC2(C(=O)O)CCSC2)cc(Cl)n1. The Bertz CT molecular complexity index is 544. The molecule has 1 aromatic rings. The first-order valence-electron chi connectivity index (χ1n) is 6.27. The van der Waals surface area contributed by atoms with Crippen molar-refractivity contribution in [2.45, 2.75) is 25.3 Å². The van der Waals surface area contributed by atoms with Gasteiger partial charge in [-0.15, -0.1) is 0 Å². The number of hydrogen-bond acceptors (Lipinski definition) is 4. The molecule has 7 heteroatoms. The van der Waals surface area contributed by atoms with Crippen molar-refractivity contribution >= 4 is 35.2 Å². The van der Waals surface area contributed by atoms with Gasteiger partial charge in [0.2, 0.25) is 0 Å². The molecule has 0 saturated carbocycles. The number of carbonyl (C=O) groups excluding carboxylic acids is 1. The van der Waals surface area contributed by atoms with Crippen LogP contribution in [0.2, 0.25) is 5.15 Å². The van der Waals surface area contributed by atoms with E-state index in [4.69, 9.17) is 11.6 Å². The van der Waals surface area contributed by atoms with Gasteiger partial charge in [-0.25, -0.2) is 9.78 Å². The number of aromatic nitrogens is 1. The molecular formula is C13H15ClN2O3S. The number of aryl methyl sites for hydroxylation is 1. The molecule has 0 aliphatic carbocycles. The Kier molecular flexibility index (Phi) is 4.55. The van der Waals surface area contributed by atoms with Crippen molar-refractivity contribution in [3.63, 3.8) is 0 Å². The summed E-state index contributed by atoms with van der Waals surface area (Å²) in [5.41, 5.74) is -0.128. The fourth-order valence-corrected chi connectivity index (χ4v) is 3.59. The third kappa shape index (κ3) is 3.07. The number of carboxylic acid groups (broad SMARTS) is 1. The van der Waals surface area contributed by atoms with Crippen molar-refractivity contribution in [3.8, 4) is 0 Å². The number of aliphatic carboxylic acids is 1. The molecule has 1 atom stereocenters. The zero-order valence-corrected chi connectivity index (χ0v) is 12.6. The summed E-state index contributed by atoms with van der Waals surface area (Å²) in [7, 11) is 0. The molecule has 0 radical (unpaired) electrons. The first-order chi connectivity index (χ1) is 9.47. The Labute approximate surface area is 126 Å². The van der Waals surface area contributed by atoms with Gasteiger partial charge in [-0.05, 0) is 30.7 Å². The first kappa shape index (κ1) is 15.1. The average Bonchev–Trinajstić information content (AvgIpc) is 2.87. The highest BCUT2D eigenvalue weighted by atomic mass is 35.5. The van der Waals surface area contributed by atoms with Crippen LogP contribution in [0.4, 0.5) is 0 Å². The van der Waals surface area contributed by atoms with Crippen LogP contribution in [0, 0.1) is 0 Å². The predicted molar refractivity (Wildman–Crippen MR) is 78.4 cm³/mol. The second kappa shape index (κ2) is 6.01. The van der Waals surface area contributed by atoms with E-state index in [1.165, 1.54) is 17.8 Å². The molecule has 1 fully saturated rings. The average molecular weight is 315 g/mol. The largest absolute Gasteiger partial charge is 0.479 e. The van der Waals surface area contributed by atoms with Gasteiger partial charge in [0.05, 0.1) is 0 Å². The molecular weight excluding hydrogens is 300 g/mol. The maximum Gasteiger partial charge on any atom is 0.330 e. The van der Waals surface area contributed by atoms with Gasteiger partial charge in [-0.3, -0.25) is 4.79 Å². The maximum atomic E-state index is 12.3. The van der Waals surface area contributed by atoms with Crippen molar-refractivity contribution in [1.29, 1.82) is 0 Å². The van der Waals surface area contributed by atoms with Crippen LogP contribution in [-0.2, 0) is 11.2 Å². The molecule has 0 bridgehead atoms. The third-order valence-electron chi connectivity index (χ3n) is 3.26. The lowest BCUT2D eigenvalue weighted by Crippen LogP contribution is -2.54. The van der Waals surface area contributed by atoms with Gasteiger partial charge in [0.25, 0.3) is 5.91 Å². The number of nitrogens with one attached hydrogen (secondary N) is 1. The standard InChI is InChI=1S/C13H15ClN2O3S/c1-2-9-5-8(6-10(14)15-9)11(17)16-13(12(18)19)3-4-20-7-13/h5-6H,2-4,7H2,1H3,(H,16,17)(H,18,19). The van der Waals surface area contributed by atoms with Crippen LogP contribution in [0.5, 0.6) is 0 Å². The Hall–Kier alpha value is -1.27. The monoisotopic (exact) mass is 314 g/mol. The zero-order chi connectivity index (χ0) is 14.8. The Balaban J connectivity index is 2.23. The van der Waals surface area contributed by atoms with E-state index in [-0.39, 0.29) is 5.15 Å². The fraction of sp³-hybridized carbons (Fsp3) is 0.462. The number of pyridine rings is 1.